The number of hydrogen-bond donors (Lipinski definition) is 3. The Labute approximate surface area is 115 Å². The number of hydrogen-bond acceptors (Lipinski definition) is 5. The minimum absolute atomic E-state index is 0.0378. The normalized spacial score (nSPS) is 12.9. The molecular formula is C12H14N4O3S. The smallest absolute Gasteiger partial charge is 0.264 e. The number of aromatic amines is 1. The van der Waals surface area contributed by atoms with E-state index in [0.29, 0.717) is 5.56 Å². The largest absolute Gasteiger partial charge is 0.324 e. The number of nitrogens with two attached hydrogens (primary N) is 1. The average Bonchev–Trinajstić information content (AvgIpc) is 2.41. The quantitative estimate of drug-likeness (QED) is 0.762. The molecule has 1 unspecified atom stereocenters. The fourth-order valence-corrected chi connectivity index (χ4v) is 2.62. The van der Waals surface area contributed by atoms with Gasteiger partial charge < -0.3 is 5.73 Å². The van der Waals surface area contributed by atoms with Crippen LogP contribution in [0.15, 0.2) is 46.1 Å². The lowest BCUT2D eigenvalue weighted by atomic mass is 10.1. The van der Waals surface area contributed by atoms with Gasteiger partial charge in [0.05, 0.1) is 4.90 Å². The summed E-state index contributed by atoms with van der Waals surface area (Å²) in [4.78, 5) is 11.0. The fraction of sp³-hybridized carbons (Fsp3) is 0.167. The lowest BCUT2D eigenvalue weighted by Gasteiger charge is -2.10. The lowest BCUT2D eigenvalue weighted by molar-refractivity contribution is 0.600. The molecule has 1 aromatic carbocycles. The summed E-state index contributed by atoms with van der Waals surface area (Å²) in [6.07, 6.45) is 0. The summed E-state index contributed by atoms with van der Waals surface area (Å²) in [5, 5.41) is 5.75. The second-order valence-corrected chi connectivity index (χ2v) is 5.96. The van der Waals surface area contributed by atoms with Crippen molar-refractivity contribution in [3.8, 4) is 0 Å². The van der Waals surface area contributed by atoms with Gasteiger partial charge >= 0.3 is 0 Å². The van der Waals surface area contributed by atoms with Crippen LogP contribution in [0.5, 0.6) is 0 Å². The highest BCUT2D eigenvalue weighted by Gasteiger charge is 2.16. The molecule has 2 rings (SSSR count). The molecule has 20 heavy (non-hydrogen) atoms. The zero-order chi connectivity index (χ0) is 14.8. The second kappa shape index (κ2) is 5.43. The maximum Gasteiger partial charge on any atom is 0.264 e. The summed E-state index contributed by atoms with van der Waals surface area (Å²) < 4.78 is 26.6. The summed E-state index contributed by atoms with van der Waals surface area (Å²) in [6, 6.07) is 8.53. The van der Waals surface area contributed by atoms with Crippen LogP contribution in [0.2, 0.25) is 0 Å². The van der Waals surface area contributed by atoms with E-state index in [-0.39, 0.29) is 16.8 Å². The predicted octanol–water partition coefficient (Wildman–Crippen LogP) is 0.590. The summed E-state index contributed by atoms with van der Waals surface area (Å²) in [5.74, 6) is 0.0378. The number of nitrogens with zero attached hydrogens (tertiary/aromatic N) is 1. The van der Waals surface area contributed by atoms with Gasteiger partial charge in [-0.1, -0.05) is 12.1 Å². The molecule has 0 fully saturated rings. The minimum atomic E-state index is -3.77. The van der Waals surface area contributed by atoms with E-state index in [9.17, 15) is 13.2 Å². The van der Waals surface area contributed by atoms with E-state index in [1.54, 1.807) is 19.1 Å². The van der Waals surface area contributed by atoms with Gasteiger partial charge in [-0.2, -0.15) is 5.10 Å². The molecule has 0 aliphatic rings. The molecule has 1 atom stereocenters. The molecule has 0 saturated heterocycles. The third-order valence-corrected chi connectivity index (χ3v) is 3.96. The minimum Gasteiger partial charge on any atom is -0.324 e. The molecule has 0 radical (unpaired) electrons. The van der Waals surface area contributed by atoms with Crippen LogP contribution < -0.4 is 16.0 Å². The van der Waals surface area contributed by atoms with Crippen molar-refractivity contribution in [3.05, 3.63) is 52.3 Å². The second-order valence-electron chi connectivity index (χ2n) is 4.27. The Morgan fingerprint density at radius 3 is 2.65 bits per heavy atom. The SMILES string of the molecule is CC(N)c1cccc(S(=O)(=O)Nc2ccc(=O)[nH]n2)c1. The Balaban J connectivity index is 2.33. The standard InChI is InChI=1S/C12H14N4O3S/c1-8(13)9-3-2-4-10(7-9)20(18,19)16-11-5-6-12(17)15-14-11/h2-8H,13H2,1H3,(H,14,16)(H,15,17). The van der Waals surface area contributed by atoms with Crippen LogP contribution in [0.4, 0.5) is 5.82 Å². The van der Waals surface area contributed by atoms with Gasteiger partial charge in [0.1, 0.15) is 0 Å². The molecule has 8 heteroatoms. The van der Waals surface area contributed by atoms with Crippen LogP contribution in [-0.2, 0) is 10.0 Å². The van der Waals surface area contributed by atoms with Crippen LogP contribution in [0, 0.1) is 0 Å². The van der Waals surface area contributed by atoms with Gasteiger partial charge in [-0.3, -0.25) is 9.52 Å². The lowest BCUT2D eigenvalue weighted by Crippen LogP contribution is -2.17. The highest BCUT2D eigenvalue weighted by molar-refractivity contribution is 7.92. The molecule has 0 aliphatic carbocycles. The van der Waals surface area contributed by atoms with Gasteiger partial charge in [0, 0.05) is 12.1 Å². The molecular weight excluding hydrogens is 280 g/mol. The van der Waals surface area contributed by atoms with Crippen LogP contribution in [0.25, 0.3) is 0 Å². The Bertz CT molecular complexity index is 748. The fourth-order valence-electron chi connectivity index (χ4n) is 1.56. The van der Waals surface area contributed by atoms with Crippen LogP contribution in [0.1, 0.15) is 18.5 Å². The van der Waals surface area contributed by atoms with E-state index in [1.165, 1.54) is 24.3 Å². The van der Waals surface area contributed by atoms with Crippen molar-refractivity contribution in [1.29, 1.82) is 0 Å². The molecule has 0 bridgehead atoms. The number of anilines is 1. The molecule has 106 valence electrons. The highest BCUT2D eigenvalue weighted by Crippen LogP contribution is 2.17. The summed E-state index contributed by atoms with van der Waals surface area (Å²) in [6.45, 7) is 1.77. The molecule has 0 aliphatic heterocycles. The first-order chi connectivity index (χ1) is 9.38. The van der Waals surface area contributed by atoms with Crippen molar-refractivity contribution in [2.24, 2.45) is 5.73 Å². The molecule has 0 spiro atoms. The van der Waals surface area contributed by atoms with Gasteiger partial charge in [-0.15, -0.1) is 0 Å². The van der Waals surface area contributed by atoms with E-state index in [1.807, 2.05) is 0 Å². The number of nitrogens with one attached hydrogen (secondary N) is 2. The Kier molecular flexibility index (Phi) is 3.86. The molecule has 1 heterocycles. The number of aromatic nitrogens is 2. The van der Waals surface area contributed by atoms with Crippen molar-refractivity contribution in [2.75, 3.05) is 4.72 Å². The van der Waals surface area contributed by atoms with Crippen LogP contribution >= 0.6 is 0 Å². The van der Waals surface area contributed by atoms with E-state index < -0.39 is 15.6 Å². The zero-order valence-corrected chi connectivity index (χ0v) is 11.5. The van der Waals surface area contributed by atoms with Crippen molar-refractivity contribution in [3.63, 3.8) is 0 Å². The van der Waals surface area contributed by atoms with Gasteiger partial charge in [0.25, 0.3) is 15.6 Å². The first kappa shape index (κ1) is 14.2. The molecule has 2 aromatic rings. The van der Waals surface area contributed by atoms with E-state index in [4.69, 9.17) is 5.73 Å². The van der Waals surface area contributed by atoms with E-state index >= 15 is 0 Å². The van der Waals surface area contributed by atoms with Crippen molar-refractivity contribution >= 4 is 15.8 Å². The topological polar surface area (TPSA) is 118 Å². The average molecular weight is 294 g/mol. The predicted molar refractivity (Wildman–Crippen MR) is 74.7 cm³/mol. The van der Waals surface area contributed by atoms with Gasteiger partial charge in [-0.05, 0) is 30.7 Å². The first-order valence-electron chi connectivity index (χ1n) is 5.82. The van der Waals surface area contributed by atoms with E-state index in [0.717, 1.165) is 0 Å². The molecule has 4 N–H and O–H groups in total. The molecule has 0 amide bonds. The number of rotatable bonds is 4. The number of H-pyrrole nitrogens is 1. The number of benzene rings is 1. The molecule has 0 saturated carbocycles. The van der Waals surface area contributed by atoms with Gasteiger partial charge in [0.2, 0.25) is 0 Å². The van der Waals surface area contributed by atoms with Gasteiger partial charge in [0.15, 0.2) is 5.82 Å². The third kappa shape index (κ3) is 3.22. The third-order valence-electron chi connectivity index (χ3n) is 2.61. The number of sulfonamides is 1. The maximum atomic E-state index is 12.2. The highest BCUT2D eigenvalue weighted by atomic mass is 32.2. The Hall–Kier alpha value is -2.19. The summed E-state index contributed by atoms with van der Waals surface area (Å²) in [7, 11) is -3.77. The molecule has 1 aromatic heterocycles. The zero-order valence-electron chi connectivity index (χ0n) is 10.7. The van der Waals surface area contributed by atoms with Crippen LogP contribution in [0.3, 0.4) is 0 Å². The first-order valence-corrected chi connectivity index (χ1v) is 7.31. The van der Waals surface area contributed by atoms with E-state index in [2.05, 4.69) is 14.9 Å². The van der Waals surface area contributed by atoms with Crippen LogP contribution in [-0.4, -0.2) is 18.6 Å². The Morgan fingerprint density at radius 1 is 1.30 bits per heavy atom. The van der Waals surface area contributed by atoms with Crippen molar-refractivity contribution in [1.82, 2.24) is 10.2 Å². The van der Waals surface area contributed by atoms with Crippen molar-refractivity contribution < 1.29 is 8.42 Å². The molecule has 7 nitrogen and oxygen atoms in total. The summed E-state index contributed by atoms with van der Waals surface area (Å²) in [5.41, 5.74) is 6.03. The van der Waals surface area contributed by atoms with Crippen molar-refractivity contribution in [2.45, 2.75) is 17.9 Å². The monoisotopic (exact) mass is 294 g/mol. The van der Waals surface area contributed by atoms with Gasteiger partial charge in [-0.25, -0.2) is 13.5 Å². The maximum absolute atomic E-state index is 12.2. The summed E-state index contributed by atoms with van der Waals surface area (Å²) >= 11 is 0. The Morgan fingerprint density at radius 2 is 2.05 bits per heavy atom.